The molecule has 4 saturated carbocycles. The summed E-state index contributed by atoms with van der Waals surface area (Å²) in [6, 6.07) is -0.0951. The van der Waals surface area contributed by atoms with E-state index in [1.807, 2.05) is 6.92 Å². The number of carbonyl (C=O) groups is 2. The highest BCUT2D eigenvalue weighted by Crippen LogP contribution is 2.74. The van der Waals surface area contributed by atoms with Crippen molar-refractivity contribution < 1.29 is 29.3 Å². The summed E-state index contributed by atoms with van der Waals surface area (Å²) in [4.78, 5) is 29.1. The van der Waals surface area contributed by atoms with Gasteiger partial charge in [0, 0.05) is 18.9 Å². The van der Waals surface area contributed by atoms with Crippen LogP contribution in [-0.2, 0) is 19.1 Å². The quantitative estimate of drug-likeness (QED) is 0.414. The van der Waals surface area contributed by atoms with E-state index in [2.05, 4.69) is 25.7 Å². The monoisotopic (exact) mass is 541 g/mol. The van der Waals surface area contributed by atoms with Gasteiger partial charge in [-0.05, 0) is 107 Å². The maximum atomic E-state index is 14.1. The number of ether oxygens (including phenoxy) is 2. The maximum Gasteiger partial charge on any atom is 0.336 e. The van der Waals surface area contributed by atoms with Gasteiger partial charge in [0.2, 0.25) is 0 Å². The second-order valence-corrected chi connectivity index (χ2v) is 14.7. The molecular weight excluding hydrogens is 494 g/mol. The van der Waals surface area contributed by atoms with Crippen LogP contribution in [0.25, 0.3) is 0 Å². The molecule has 3 aliphatic heterocycles. The first-order valence-corrected chi connectivity index (χ1v) is 15.7. The van der Waals surface area contributed by atoms with Gasteiger partial charge in [-0.3, -0.25) is 9.69 Å². The fourth-order valence-corrected chi connectivity index (χ4v) is 11.5. The van der Waals surface area contributed by atoms with Crippen molar-refractivity contribution >= 4 is 11.8 Å². The van der Waals surface area contributed by atoms with Crippen LogP contribution in [0.1, 0.15) is 85.5 Å². The molecule has 1 spiro atoms. The van der Waals surface area contributed by atoms with Crippen molar-refractivity contribution in [1.82, 2.24) is 4.90 Å². The normalized spacial score (nSPS) is 52.1. The van der Waals surface area contributed by atoms with E-state index in [4.69, 9.17) is 9.47 Å². The fraction of sp³-hybridized carbons (Fsp3) is 0.875. The number of epoxide rings is 1. The van der Waals surface area contributed by atoms with Crippen molar-refractivity contribution in [3.8, 4) is 0 Å². The number of carbonyl (C=O) groups excluding carboxylic acids is 2. The summed E-state index contributed by atoms with van der Waals surface area (Å²) in [5, 5.41) is 21.4. The molecule has 12 atom stereocenters. The van der Waals surface area contributed by atoms with Crippen LogP contribution in [0.4, 0.5) is 0 Å². The molecule has 2 saturated heterocycles. The Hall–Kier alpha value is -1.28. The van der Waals surface area contributed by atoms with Gasteiger partial charge in [0.25, 0.3) is 0 Å². The van der Waals surface area contributed by atoms with Crippen LogP contribution in [0.2, 0.25) is 0 Å². The number of aliphatic hydroxyl groups excluding tert-OH is 2. The molecule has 0 aromatic carbocycles. The predicted octanol–water partition coefficient (Wildman–Crippen LogP) is 3.65. The predicted molar refractivity (Wildman–Crippen MR) is 145 cm³/mol. The Morgan fingerprint density at radius 2 is 1.82 bits per heavy atom. The van der Waals surface area contributed by atoms with E-state index >= 15 is 0 Å². The first-order chi connectivity index (χ1) is 18.6. The number of hydrogen-bond acceptors (Lipinski definition) is 7. The molecule has 7 aliphatic rings. The average Bonchev–Trinajstić information content (AvgIpc) is 3.21. The van der Waals surface area contributed by atoms with E-state index in [-0.39, 0.29) is 48.1 Å². The van der Waals surface area contributed by atoms with Crippen LogP contribution in [0, 0.1) is 40.4 Å². The largest absolute Gasteiger partial charge is 0.458 e. The first kappa shape index (κ1) is 26.6. The van der Waals surface area contributed by atoms with E-state index < -0.39 is 17.1 Å². The van der Waals surface area contributed by atoms with Crippen molar-refractivity contribution in [2.75, 3.05) is 19.7 Å². The van der Waals surface area contributed by atoms with E-state index in [9.17, 15) is 19.8 Å². The maximum absolute atomic E-state index is 14.1. The standard InChI is InChI=1S/C32H47NO6/c1-17-13-25(38-29(37)20(17)16-34)18(2)21-7-8-22-19-14-27-32(39-27)28(36)24(33-11-5-6-12-33)15-26(35)31(32,4)23(19)9-10-30(21,22)3/h18-19,21-25,27-28,34,36H,5-16H2,1-4H3. The molecule has 4 aliphatic carbocycles. The Bertz CT molecular complexity index is 1100. The number of esters is 1. The van der Waals surface area contributed by atoms with Crippen LogP contribution >= 0.6 is 0 Å². The summed E-state index contributed by atoms with van der Waals surface area (Å²) >= 11 is 0. The molecule has 0 radical (unpaired) electrons. The Balaban J connectivity index is 1.14. The zero-order valence-corrected chi connectivity index (χ0v) is 24.2. The summed E-state index contributed by atoms with van der Waals surface area (Å²) in [6.07, 6.45) is 7.99. The van der Waals surface area contributed by atoms with Crippen molar-refractivity contribution in [3.63, 3.8) is 0 Å². The average molecular weight is 542 g/mol. The number of fused-ring (bicyclic) bond motifs is 4. The minimum Gasteiger partial charge on any atom is -0.458 e. The lowest BCUT2D eigenvalue weighted by atomic mass is 9.43. The number of rotatable bonds is 4. The van der Waals surface area contributed by atoms with Gasteiger partial charge in [-0.15, -0.1) is 0 Å². The number of nitrogens with zero attached hydrogens (tertiary/aromatic N) is 1. The van der Waals surface area contributed by atoms with Crippen LogP contribution in [0.5, 0.6) is 0 Å². The minimum absolute atomic E-state index is 0.0177. The molecule has 39 heavy (non-hydrogen) atoms. The van der Waals surface area contributed by atoms with Crippen molar-refractivity contribution in [2.24, 2.45) is 40.4 Å². The van der Waals surface area contributed by atoms with Gasteiger partial charge in [-0.1, -0.05) is 19.4 Å². The second kappa shape index (κ2) is 8.86. The molecule has 0 aromatic heterocycles. The fourth-order valence-electron chi connectivity index (χ4n) is 11.5. The Morgan fingerprint density at radius 3 is 2.51 bits per heavy atom. The van der Waals surface area contributed by atoms with Crippen molar-refractivity contribution in [2.45, 2.75) is 115 Å². The zero-order chi connectivity index (χ0) is 27.5. The molecule has 0 aromatic rings. The smallest absolute Gasteiger partial charge is 0.336 e. The number of likely N-dealkylation sites (tertiary alicyclic amines) is 1. The molecular formula is C32H47NO6. The van der Waals surface area contributed by atoms with Crippen LogP contribution in [0.15, 0.2) is 11.1 Å². The second-order valence-electron chi connectivity index (χ2n) is 14.7. The molecule has 7 nitrogen and oxygen atoms in total. The van der Waals surface area contributed by atoms with Gasteiger partial charge in [0.05, 0.1) is 23.7 Å². The van der Waals surface area contributed by atoms with Gasteiger partial charge in [-0.2, -0.15) is 0 Å². The van der Waals surface area contributed by atoms with E-state index in [0.29, 0.717) is 42.0 Å². The van der Waals surface area contributed by atoms with E-state index in [1.165, 1.54) is 0 Å². The van der Waals surface area contributed by atoms with E-state index in [1.54, 1.807) is 0 Å². The van der Waals surface area contributed by atoms with Crippen molar-refractivity contribution in [1.29, 1.82) is 0 Å². The highest BCUT2D eigenvalue weighted by molar-refractivity contribution is 5.90. The van der Waals surface area contributed by atoms with Crippen LogP contribution in [-0.4, -0.2) is 76.5 Å². The van der Waals surface area contributed by atoms with Gasteiger partial charge in [-0.25, -0.2) is 4.79 Å². The SMILES string of the molecule is CC1=C(CO)C(=O)OC(C(C)C2CCC3C4CC5OC56C(O)C(N5CCCC5)CC(=O)C6(C)C4CCC23C)C1. The summed E-state index contributed by atoms with van der Waals surface area (Å²) in [5.74, 6) is 1.88. The molecule has 7 rings (SSSR count). The van der Waals surface area contributed by atoms with Gasteiger partial charge < -0.3 is 19.7 Å². The summed E-state index contributed by atoms with van der Waals surface area (Å²) in [5.41, 5.74) is 0.215. The van der Waals surface area contributed by atoms with Crippen molar-refractivity contribution in [3.05, 3.63) is 11.1 Å². The first-order valence-electron chi connectivity index (χ1n) is 15.7. The lowest BCUT2D eigenvalue weighted by molar-refractivity contribution is -0.174. The van der Waals surface area contributed by atoms with Crippen LogP contribution in [0.3, 0.4) is 0 Å². The van der Waals surface area contributed by atoms with Gasteiger partial charge in [0.15, 0.2) is 0 Å². The lowest BCUT2D eigenvalue weighted by Crippen LogP contribution is -2.70. The number of hydrogen-bond donors (Lipinski definition) is 2. The Labute approximate surface area is 232 Å². The van der Waals surface area contributed by atoms with Crippen LogP contribution < -0.4 is 0 Å². The van der Waals surface area contributed by atoms with Gasteiger partial charge >= 0.3 is 5.97 Å². The number of cyclic esters (lactones) is 1. The number of Topliss-reactive ketones (excluding diaryl/α,β-unsaturated/α-hetero) is 1. The molecule has 2 N–H and O–H groups in total. The number of ketones is 1. The number of aliphatic hydroxyl groups is 2. The highest BCUT2D eigenvalue weighted by Gasteiger charge is 2.82. The molecule has 7 heteroatoms. The molecule has 12 unspecified atom stereocenters. The molecule has 0 amide bonds. The third-order valence-corrected chi connectivity index (χ3v) is 13.6. The topological polar surface area (TPSA) is 99.6 Å². The Morgan fingerprint density at radius 1 is 1.08 bits per heavy atom. The summed E-state index contributed by atoms with van der Waals surface area (Å²) < 4.78 is 12.5. The molecule has 6 fully saturated rings. The van der Waals surface area contributed by atoms with E-state index in [0.717, 1.165) is 63.6 Å². The van der Waals surface area contributed by atoms with Gasteiger partial charge in [0.1, 0.15) is 23.6 Å². The highest BCUT2D eigenvalue weighted by atomic mass is 16.6. The third kappa shape index (κ3) is 3.36. The lowest BCUT2D eigenvalue weighted by Gasteiger charge is -2.60. The zero-order valence-electron chi connectivity index (χ0n) is 24.2. The third-order valence-electron chi connectivity index (χ3n) is 13.6. The molecule has 216 valence electrons. The Kier molecular flexibility index (Phi) is 6.04. The molecule has 0 bridgehead atoms. The molecule has 3 heterocycles. The summed E-state index contributed by atoms with van der Waals surface area (Å²) in [7, 11) is 0. The minimum atomic E-state index is -0.694. The summed E-state index contributed by atoms with van der Waals surface area (Å²) in [6.45, 7) is 10.5.